The van der Waals surface area contributed by atoms with Crippen molar-refractivity contribution < 1.29 is 9.59 Å². The molecule has 2 aromatic heterocycles. The van der Waals surface area contributed by atoms with E-state index in [-0.39, 0.29) is 17.3 Å². The summed E-state index contributed by atoms with van der Waals surface area (Å²) in [6, 6.07) is 2.61. The van der Waals surface area contributed by atoms with Gasteiger partial charge in [-0.15, -0.1) is 0 Å². The summed E-state index contributed by atoms with van der Waals surface area (Å²) in [4.78, 5) is 35.3. The second-order valence-electron chi connectivity index (χ2n) is 7.42. The van der Waals surface area contributed by atoms with Crippen LogP contribution in [0.3, 0.4) is 0 Å². The highest BCUT2D eigenvalue weighted by Gasteiger charge is 2.40. The summed E-state index contributed by atoms with van der Waals surface area (Å²) in [5.74, 6) is 0.839. The van der Waals surface area contributed by atoms with Gasteiger partial charge in [-0.2, -0.15) is 5.10 Å². The molecule has 27 heavy (non-hydrogen) atoms. The van der Waals surface area contributed by atoms with Crippen LogP contribution in [-0.2, 0) is 17.3 Å². The fourth-order valence-corrected chi connectivity index (χ4v) is 3.36. The normalized spacial score (nSPS) is 21.0. The number of carbonyl (C=O) groups is 2. The van der Waals surface area contributed by atoms with E-state index in [1.54, 1.807) is 35.1 Å². The zero-order valence-electron chi connectivity index (χ0n) is 15.5. The zero-order valence-corrected chi connectivity index (χ0v) is 15.5. The molecule has 2 aromatic rings. The minimum atomic E-state index is -0.585. The highest BCUT2D eigenvalue weighted by molar-refractivity contribution is 6.00. The van der Waals surface area contributed by atoms with Crippen LogP contribution in [0.4, 0.5) is 16.6 Å². The van der Waals surface area contributed by atoms with Gasteiger partial charge in [0.25, 0.3) is 5.91 Å². The van der Waals surface area contributed by atoms with E-state index in [1.165, 1.54) is 0 Å². The standard InChI is InChI=1S/C18H23N7O2/c1-18(7-8-18)13-5-9-19-16(22-13)23-17(27)21-12-4-3-11-25(15(12)26)14-6-10-20-24(14)2/h5-6,9-10,12H,3-4,7-8,11H2,1-2H3,(H2,19,21,22,23,27). The average Bonchev–Trinajstić information content (AvgIpc) is 3.26. The number of carbonyl (C=O) groups excluding carboxylic acids is 2. The molecule has 1 saturated heterocycles. The van der Waals surface area contributed by atoms with Crippen molar-refractivity contribution in [3.63, 3.8) is 0 Å². The van der Waals surface area contributed by atoms with E-state index in [2.05, 4.69) is 32.6 Å². The molecular formula is C18H23N7O2. The number of urea groups is 1. The Labute approximate surface area is 157 Å². The molecule has 0 spiro atoms. The largest absolute Gasteiger partial charge is 0.326 e. The molecule has 3 amide bonds. The third-order valence-electron chi connectivity index (χ3n) is 5.31. The van der Waals surface area contributed by atoms with Gasteiger partial charge in [0.05, 0.1) is 11.9 Å². The van der Waals surface area contributed by atoms with E-state index in [0.717, 1.165) is 30.8 Å². The van der Waals surface area contributed by atoms with Crippen LogP contribution in [0.2, 0.25) is 0 Å². The number of hydrogen-bond donors (Lipinski definition) is 2. The highest BCUT2D eigenvalue weighted by atomic mass is 16.2. The molecule has 0 aromatic carbocycles. The molecule has 1 unspecified atom stereocenters. The van der Waals surface area contributed by atoms with Crippen LogP contribution in [0, 0.1) is 0 Å². The lowest BCUT2D eigenvalue weighted by Gasteiger charge is -2.32. The summed E-state index contributed by atoms with van der Waals surface area (Å²) in [6.45, 7) is 2.76. The molecule has 0 bridgehead atoms. The molecule has 1 aliphatic heterocycles. The number of nitrogens with one attached hydrogen (secondary N) is 2. The van der Waals surface area contributed by atoms with E-state index < -0.39 is 12.1 Å². The molecule has 142 valence electrons. The molecule has 2 fully saturated rings. The Hall–Kier alpha value is -2.97. The van der Waals surface area contributed by atoms with Crippen molar-refractivity contribution in [1.82, 2.24) is 25.1 Å². The minimum Gasteiger partial charge on any atom is -0.326 e. The Kier molecular flexibility index (Phi) is 4.29. The first-order chi connectivity index (χ1) is 13.0. The number of piperidine rings is 1. The molecule has 1 atom stereocenters. The maximum absolute atomic E-state index is 12.8. The van der Waals surface area contributed by atoms with Gasteiger partial charge in [-0.3, -0.25) is 19.7 Å². The molecule has 1 aliphatic carbocycles. The minimum absolute atomic E-state index is 0.0960. The number of anilines is 2. The predicted molar refractivity (Wildman–Crippen MR) is 99.4 cm³/mol. The Morgan fingerprint density at radius 2 is 2.11 bits per heavy atom. The van der Waals surface area contributed by atoms with Crippen LogP contribution >= 0.6 is 0 Å². The molecule has 0 radical (unpaired) electrons. The monoisotopic (exact) mass is 369 g/mol. The third-order valence-corrected chi connectivity index (χ3v) is 5.31. The topological polar surface area (TPSA) is 105 Å². The number of aromatic nitrogens is 4. The maximum Gasteiger partial charge on any atom is 0.322 e. The highest BCUT2D eigenvalue weighted by Crippen LogP contribution is 2.46. The molecule has 2 aliphatic rings. The lowest BCUT2D eigenvalue weighted by atomic mass is 10.0. The van der Waals surface area contributed by atoms with Crippen molar-refractivity contribution in [2.75, 3.05) is 16.8 Å². The zero-order chi connectivity index (χ0) is 19.0. The smallest absolute Gasteiger partial charge is 0.322 e. The summed E-state index contributed by atoms with van der Waals surface area (Å²) in [7, 11) is 1.79. The van der Waals surface area contributed by atoms with Gasteiger partial charge in [-0.05, 0) is 31.7 Å². The summed E-state index contributed by atoms with van der Waals surface area (Å²) < 4.78 is 1.65. The van der Waals surface area contributed by atoms with E-state index in [4.69, 9.17) is 0 Å². The predicted octanol–water partition coefficient (Wildman–Crippen LogP) is 1.58. The van der Waals surface area contributed by atoms with Crippen molar-refractivity contribution in [1.29, 1.82) is 0 Å². The van der Waals surface area contributed by atoms with E-state index in [9.17, 15) is 9.59 Å². The number of amides is 3. The van der Waals surface area contributed by atoms with Crippen molar-refractivity contribution in [2.45, 2.75) is 44.1 Å². The van der Waals surface area contributed by atoms with Crippen LogP contribution in [0.1, 0.15) is 38.3 Å². The van der Waals surface area contributed by atoms with Gasteiger partial charge >= 0.3 is 6.03 Å². The quantitative estimate of drug-likeness (QED) is 0.851. The van der Waals surface area contributed by atoms with Gasteiger partial charge in [0, 0.05) is 31.3 Å². The summed E-state index contributed by atoms with van der Waals surface area (Å²) in [5.41, 5.74) is 1.03. The summed E-state index contributed by atoms with van der Waals surface area (Å²) in [5, 5.41) is 9.51. The molecule has 9 heteroatoms. The first kappa shape index (κ1) is 17.4. The second-order valence-corrected chi connectivity index (χ2v) is 7.42. The Morgan fingerprint density at radius 1 is 1.30 bits per heavy atom. The molecule has 2 N–H and O–H groups in total. The maximum atomic E-state index is 12.8. The molecule has 1 saturated carbocycles. The summed E-state index contributed by atoms with van der Waals surface area (Å²) >= 11 is 0. The van der Waals surface area contributed by atoms with Crippen LogP contribution in [-0.4, -0.2) is 44.3 Å². The van der Waals surface area contributed by atoms with Gasteiger partial charge < -0.3 is 5.32 Å². The summed E-state index contributed by atoms with van der Waals surface area (Å²) in [6.07, 6.45) is 6.88. The number of rotatable bonds is 4. The Bertz CT molecular complexity index is 874. The van der Waals surface area contributed by atoms with Crippen LogP contribution in [0.15, 0.2) is 24.5 Å². The second kappa shape index (κ2) is 6.64. The van der Waals surface area contributed by atoms with Gasteiger partial charge in [0.15, 0.2) is 0 Å². The number of hydrogen-bond acceptors (Lipinski definition) is 5. The SMILES string of the molecule is Cn1nccc1N1CCCC(NC(=O)Nc2nccc(C3(C)CC3)n2)C1=O. The molecule has 9 nitrogen and oxygen atoms in total. The lowest BCUT2D eigenvalue weighted by molar-refractivity contribution is -0.121. The fraction of sp³-hybridized carbons (Fsp3) is 0.500. The Morgan fingerprint density at radius 3 is 2.81 bits per heavy atom. The van der Waals surface area contributed by atoms with Gasteiger partial charge in [0.2, 0.25) is 5.95 Å². The Balaban J connectivity index is 1.40. The van der Waals surface area contributed by atoms with Crippen LogP contribution < -0.4 is 15.5 Å². The first-order valence-electron chi connectivity index (χ1n) is 9.17. The molecular weight excluding hydrogens is 346 g/mol. The van der Waals surface area contributed by atoms with E-state index >= 15 is 0 Å². The van der Waals surface area contributed by atoms with Gasteiger partial charge in [0.1, 0.15) is 11.9 Å². The first-order valence-corrected chi connectivity index (χ1v) is 9.17. The van der Waals surface area contributed by atoms with Gasteiger partial charge in [-0.1, -0.05) is 6.92 Å². The van der Waals surface area contributed by atoms with Crippen molar-refractivity contribution in [3.05, 3.63) is 30.2 Å². The molecule has 4 rings (SSSR count). The fourth-order valence-electron chi connectivity index (χ4n) is 3.36. The van der Waals surface area contributed by atoms with Crippen molar-refractivity contribution in [3.8, 4) is 0 Å². The number of aryl methyl sites for hydroxylation is 1. The number of nitrogens with zero attached hydrogens (tertiary/aromatic N) is 5. The third kappa shape index (κ3) is 3.49. The van der Waals surface area contributed by atoms with Crippen molar-refractivity contribution in [2.24, 2.45) is 7.05 Å². The van der Waals surface area contributed by atoms with Crippen LogP contribution in [0.5, 0.6) is 0 Å². The molecule has 3 heterocycles. The van der Waals surface area contributed by atoms with Gasteiger partial charge in [-0.25, -0.2) is 14.8 Å². The van der Waals surface area contributed by atoms with Crippen molar-refractivity contribution >= 4 is 23.7 Å². The van der Waals surface area contributed by atoms with E-state index in [0.29, 0.717) is 13.0 Å². The lowest BCUT2D eigenvalue weighted by Crippen LogP contribution is -2.53. The van der Waals surface area contributed by atoms with Crippen LogP contribution in [0.25, 0.3) is 0 Å². The van der Waals surface area contributed by atoms with E-state index in [1.807, 2.05) is 6.07 Å². The average molecular weight is 369 g/mol.